The molecule has 1 aromatic heterocycles. The van der Waals surface area contributed by atoms with Crippen molar-refractivity contribution in [1.29, 1.82) is 0 Å². The van der Waals surface area contributed by atoms with Crippen LogP contribution in [0.5, 0.6) is 0 Å². The van der Waals surface area contributed by atoms with Crippen LogP contribution in [0.15, 0.2) is 30.3 Å². The van der Waals surface area contributed by atoms with Crippen molar-refractivity contribution in [2.24, 2.45) is 0 Å². The third-order valence-electron chi connectivity index (χ3n) is 2.71. The smallest absolute Gasteiger partial charge is 0.133 e. The van der Waals surface area contributed by atoms with Crippen molar-refractivity contribution in [3.63, 3.8) is 0 Å². The van der Waals surface area contributed by atoms with Gasteiger partial charge < -0.3 is 5.32 Å². The highest BCUT2D eigenvalue weighted by molar-refractivity contribution is 7.97. The van der Waals surface area contributed by atoms with Crippen LogP contribution in [0.1, 0.15) is 11.3 Å². The zero-order valence-corrected chi connectivity index (χ0v) is 11.2. The molecule has 1 N–H and O–H groups in total. The minimum absolute atomic E-state index is 0.981. The van der Waals surface area contributed by atoms with Gasteiger partial charge in [-0.3, -0.25) is 0 Å². The summed E-state index contributed by atoms with van der Waals surface area (Å²) in [6.45, 7) is 2.06. The highest BCUT2D eigenvalue weighted by Crippen LogP contribution is 2.26. The maximum atomic E-state index is 4.61. The summed E-state index contributed by atoms with van der Waals surface area (Å²) in [5.74, 6) is 2.07. The van der Waals surface area contributed by atoms with Crippen LogP contribution in [-0.4, -0.2) is 23.1 Å². The summed E-state index contributed by atoms with van der Waals surface area (Å²) in [5.41, 5.74) is 3.46. The van der Waals surface area contributed by atoms with Crippen LogP contribution in [0.2, 0.25) is 0 Å². The van der Waals surface area contributed by atoms with E-state index in [2.05, 4.69) is 35.7 Å². The van der Waals surface area contributed by atoms with Gasteiger partial charge in [0.2, 0.25) is 0 Å². The molecule has 0 bridgehead atoms. The average molecular weight is 247 g/mol. The molecule has 0 radical (unpaired) electrons. The SMILES string of the molecule is CNc1c(CSC)c(C)nn1-c1ccccc1. The zero-order chi connectivity index (χ0) is 12.3. The van der Waals surface area contributed by atoms with Crippen molar-refractivity contribution in [1.82, 2.24) is 9.78 Å². The molecule has 90 valence electrons. The lowest BCUT2D eigenvalue weighted by Crippen LogP contribution is -2.03. The van der Waals surface area contributed by atoms with Crippen LogP contribution in [-0.2, 0) is 5.75 Å². The van der Waals surface area contributed by atoms with Gasteiger partial charge in [0.1, 0.15) is 5.82 Å². The fraction of sp³-hybridized carbons (Fsp3) is 0.308. The lowest BCUT2D eigenvalue weighted by atomic mass is 10.2. The van der Waals surface area contributed by atoms with Crippen molar-refractivity contribution in [3.8, 4) is 5.69 Å². The standard InChI is InChI=1S/C13H17N3S/c1-10-12(9-17-3)13(14-2)16(15-10)11-7-5-4-6-8-11/h4-8,14H,9H2,1-3H3. The van der Waals surface area contributed by atoms with Crippen LogP contribution in [0, 0.1) is 6.92 Å². The summed E-state index contributed by atoms with van der Waals surface area (Å²) in [6.07, 6.45) is 2.11. The van der Waals surface area contributed by atoms with E-state index in [-0.39, 0.29) is 0 Å². The maximum absolute atomic E-state index is 4.61. The van der Waals surface area contributed by atoms with Gasteiger partial charge in [-0.05, 0) is 25.3 Å². The number of nitrogens with one attached hydrogen (secondary N) is 1. The summed E-state index contributed by atoms with van der Waals surface area (Å²) in [7, 11) is 1.94. The van der Waals surface area contributed by atoms with Crippen molar-refractivity contribution in [2.75, 3.05) is 18.6 Å². The average Bonchev–Trinajstić information content (AvgIpc) is 2.68. The van der Waals surface area contributed by atoms with Gasteiger partial charge in [0.25, 0.3) is 0 Å². The van der Waals surface area contributed by atoms with E-state index in [1.807, 2.05) is 41.7 Å². The molecule has 0 saturated carbocycles. The Morgan fingerprint density at radius 1 is 1.29 bits per heavy atom. The van der Waals surface area contributed by atoms with Crippen LogP contribution in [0.4, 0.5) is 5.82 Å². The molecule has 1 aromatic carbocycles. The monoisotopic (exact) mass is 247 g/mol. The van der Waals surface area contributed by atoms with E-state index in [4.69, 9.17) is 0 Å². The third kappa shape index (κ3) is 2.31. The second-order valence-corrected chi connectivity index (χ2v) is 4.71. The minimum atomic E-state index is 0.981. The van der Waals surface area contributed by atoms with Gasteiger partial charge in [0.15, 0.2) is 0 Å². The molecule has 0 aliphatic heterocycles. The quantitative estimate of drug-likeness (QED) is 0.900. The summed E-state index contributed by atoms with van der Waals surface area (Å²) in [6, 6.07) is 10.2. The normalized spacial score (nSPS) is 10.5. The van der Waals surface area contributed by atoms with Crippen molar-refractivity contribution >= 4 is 17.6 Å². The second-order valence-electron chi connectivity index (χ2n) is 3.84. The van der Waals surface area contributed by atoms with E-state index in [9.17, 15) is 0 Å². The molecule has 0 spiro atoms. The number of benzene rings is 1. The van der Waals surface area contributed by atoms with E-state index in [0.717, 1.165) is 23.0 Å². The number of hydrogen-bond acceptors (Lipinski definition) is 3. The van der Waals surface area contributed by atoms with Gasteiger partial charge in [-0.15, -0.1) is 0 Å². The second kappa shape index (κ2) is 5.27. The van der Waals surface area contributed by atoms with Crippen LogP contribution >= 0.6 is 11.8 Å². The van der Waals surface area contributed by atoms with Gasteiger partial charge in [-0.1, -0.05) is 18.2 Å². The Bertz CT molecular complexity index is 491. The summed E-state index contributed by atoms with van der Waals surface area (Å²) < 4.78 is 1.97. The molecule has 0 amide bonds. The molecule has 0 aliphatic rings. The Morgan fingerprint density at radius 3 is 2.59 bits per heavy atom. The largest absolute Gasteiger partial charge is 0.373 e. The first-order valence-corrected chi connectivity index (χ1v) is 6.98. The lowest BCUT2D eigenvalue weighted by molar-refractivity contribution is 0.867. The Labute approximate surface area is 106 Å². The molecule has 0 fully saturated rings. The number of para-hydroxylation sites is 1. The number of rotatable bonds is 4. The van der Waals surface area contributed by atoms with E-state index in [1.54, 1.807) is 0 Å². The molecule has 1 heterocycles. The number of aryl methyl sites for hydroxylation is 1. The first-order chi connectivity index (χ1) is 8.27. The van der Waals surface area contributed by atoms with Gasteiger partial charge in [0.05, 0.1) is 11.4 Å². The van der Waals surface area contributed by atoms with E-state index >= 15 is 0 Å². The molecule has 2 rings (SSSR count). The Hall–Kier alpha value is -1.42. The molecular weight excluding hydrogens is 230 g/mol. The number of aromatic nitrogens is 2. The van der Waals surface area contributed by atoms with Crippen molar-refractivity contribution in [3.05, 3.63) is 41.6 Å². The van der Waals surface area contributed by atoms with E-state index in [0.29, 0.717) is 0 Å². The molecule has 0 aliphatic carbocycles. The molecule has 0 atom stereocenters. The van der Waals surface area contributed by atoms with E-state index in [1.165, 1.54) is 5.56 Å². The Kier molecular flexibility index (Phi) is 3.74. The predicted molar refractivity (Wildman–Crippen MR) is 75.1 cm³/mol. The zero-order valence-electron chi connectivity index (χ0n) is 10.4. The molecule has 2 aromatic rings. The highest BCUT2D eigenvalue weighted by Gasteiger charge is 2.14. The Balaban J connectivity index is 2.52. The molecule has 4 heteroatoms. The molecule has 17 heavy (non-hydrogen) atoms. The van der Waals surface area contributed by atoms with Crippen LogP contribution in [0.3, 0.4) is 0 Å². The third-order valence-corrected chi connectivity index (χ3v) is 3.29. The predicted octanol–water partition coefficient (Wildman–Crippen LogP) is 3.09. The number of hydrogen-bond donors (Lipinski definition) is 1. The van der Waals surface area contributed by atoms with Crippen LogP contribution in [0.25, 0.3) is 5.69 Å². The van der Waals surface area contributed by atoms with Gasteiger partial charge in [-0.25, -0.2) is 4.68 Å². The number of anilines is 1. The lowest BCUT2D eigenvalue weighted by Gasteiger charge is -2.08. The molecular formula is C13H17N3S. The number of nitrogens with zero attached hydrogens (tertiary/aromatic N) is 2. The van der Waals surface area contributed by atoms with Gasteiger partial charge >= 0.3 is 0 Å². The summed E-state index contributed by atoms with van der Waals surface area (Å²) in [4.78, 5) is 0. The van der Waals surface area contributed by atoms with Crippen molar-refractivity contribution in [2.45, 2.75) is 12.7 Å². The molecule has 3 nitrogen and oxygen atoms in total. The maximum Gasteiger partial charge on any atom is 0.133 e. The first kappa shape index (κ1) is 12.0. The number of thioether (sulfide) groups is 1. The van der Waals surface area contributed by atoms with Crippen molar-refractivity contribution < 1.29 is 0 Å². The summed E-state index contributed by atoms with van der Waals surface area (Å²) >= 11 is 1.81. The minimum Gasteiger partial charge on any atom is -0.373 e. The first-order valence-electron chi connectivity index (χ1n) is 5.58. The van der Waals surface area contributed by atoms with Crippen LogP contribution < -0.4 is 5.32 Å². The molecule has 0 saturated heterocycles. The topological polar surface area (TPSA) is 29.9 Å². The fourth-order valence-electron chi connectivity index (χ4n) is 1.89. The fourth-order valence-corrected chi connectivity index (χ4v) is 2.52. The molecule has 0 unspecified atom stereocenters. The van der Waals surface area contributed by atoms with Gasteiger partial charge in [-0.2, -0.15) is 16.9 Å². The van der Waals surface area contributed by atoms with Gasteiger partial charge in [0, 0.05) is 18.4 Å². The van der Waals surface area contributed by atoms with E-state index < -0.39 is 0 Å². The summed E-state index contributed by atoms with van der Waals surface area (Å²) in [5, 5.41) is 7.87. The Morgan fingerprint density at radius 2 is 2.00 bits per heavy atom. The highest BCUT2D eigenvalue weighted by atomic mass is 32.2.